The van der Waals surface area contributed by atoms with Crippen LogP contribution in [0.3, 0.4) is 0 Å². The van der Waals surface area contributed by atoms with E-state index in [4.69, 9.17) is 9.97 Å². The van der Waals surface area contributed by atoms with E-state index in [0.29, 0.717) is 25.6 Å². The number of likely N-dealkylation sites (tertiary alicyclic amines) is 1. The van der Waals surface area contributed by atoms with Crippen molar-refractivity contribution in [3.8, 4) is 10.7 Å². The van der Waals surface area contributed by atoms with Crippen molar-refractivity contribution in [3.63, 3.8) is 0 Å². The zero-order valence-corrected chi connectivity index (χ0v) is 15.2. The smallest absolute Gasteiger partial charge is 0.222 e. The molecule has 5 rings (SSSR count). The molecule has 1 amide bonds. The third-order valence-electron chi connectivity index (χ3n) is 4.91. The number of hydrogen-bond donors (Lipinski definition) is 1. The van der Waals surface area contributed by atoms with Gasteiger partial charge >= 0.3 is 0 Å². The number of anilines is 1. The van der Waals surface area contributed by atoms with Gasteiger partial charge in [0.25, 0.3) is 0 Å². The first-order chi connectivity index (χ1) is 12.8. The van der Waals surface area contributed by atoms with Gasteiger partial charge in [-0.15, -0.1) is 11.3 Å². The van der Waals surface area contributed by atoms with Crippen LogP contribution in [0.1, 0.15) is 25.7 Å². The summed E-state index contributed by atoms with van der Waals surface area (Å²) in [5.74, 6) is 1.80. The number of carbonyl (C=O) groups is 1. The second-order valence-corrected chi connectivity index (χ2v) is 7.83. The predicted molar refractivity (Wildman–Crippen MR) is 101 cm³/mol. The Kier molecular flexibility index (Phi) is 3.85. The first kappa shape index (κ1) is 15.7. The number of nitrogens with zero attached hydrogens (tertiary/aromatic N) is 5. The Hall–Kier alpha value is -2.48. The number of thiophene rings is 1. The molecule has 1 aliphatic heterocycles. The van der Waals surface area contributed by atoms with Crippen LogP contribution >= 0.6 is 11.3 Å². The topological polar surface area (TPSA) is 75.9 Å². The van der Waals surface area contributed by atoms with Crippen molar-refractivity contribution in [2.24, 2.45) is 0 Å². The Morgan fingerprint density at radius 2 is 2.19 bits per heavy atom. The number of amides is 1. The molecular weight excluding hydrogens is 348 g/mol. The zero-order chi connectivity index (χ0) is 17.5. The molecule has 3 aromatic rings. The van der Waals surface area contributed by atoms with Gasteiger partial charge in [-0.1, -0.05) is 6.07 Å². The molecule has 1 saturated carbocycles. The summed E-state index contributed by atoms with van der Waals surface area (Å²) in [6.45, 7) is 2.26. The van der Waals surface area contributed by atoms with Crippen LogP contribution in [0.15, 0.2) is 23.8 Å². The normalized spacial score (nSPS) is 17.4. The van der Waals surface area contributed by atoms with Gasteiger partial charge < -0.3 is 14.8 Å². The third-order valence-corrected chi connectivity index (χ3v) is 5.77. The first-order valence-electron chi connectivity index (χ1n) is 9.09. The lowest BCUT2D eigenvalue weighted by Gasteiger charge is -2.15. The Labute approximate surface area is 155 Å². The van der Waals surface area contributed by atoms with E-state index < -0.39 is 0 Å². The number of carbonyl (C=O) groups excluding carboxylic acids is 1. The second kappa shape index (κ2) is 6.35. The fourth-order valence-corrected chi connectivity index (χ4v) is 3.97. The Morgan fingerprint density at radius 1 is 1.27 bits per heavy atom. The van der Waals surface area contributed by atoms with Crippen molar-refractivity contribution in [3.05, 3.63) is 23.8 Å². The monoisotopic (exact) mass is 368 g/mol. The van der Waals surface area contributed by atoms with Gasteiger partial charge in [0.1, 0.15) is 5.52 Å². The van der Waals surface area contributed by atoms with Crippen molar-refractivity contribution in [1.29, 1.82) is 0 Å². The molecular formula is C18H20N6OS. The summed E-state index contributed by atoms with van der Waals surface area (Å²) < 4.78 is 2.04. The van der Waals surface area contributed by atoms with Gasteiger partial charge in [0.05, 0.1) is 11.2 Å². The average molecular weight is 368 g/mol. The van der Waals surface area contributed by atoms with Gasteiger partial charge in [-0.3, -0.25) is 4.79 Å². The Balaban J connectivity index is 1.50. The van der Waals surface area contributed by atoms with Crippen molar-refractivity contribution < 1.29 is 4.79 Å². The molecule has 0 spiro atoms. The van der Waals surface area contributed by atoms with Crippen LogP contribution in [0.25, 0.3) is 21.9 Å². The van der Waals surface area contributed by atoms with Gasteiger partial charge in [0, 0.05) is 32.1 Å². The van der Waals surface area contributed by atoms with Gasteiger partial charge in [-0.25, -0.2) is 15.0 Å². The van der Waals surface area contributed by atoms with Crippen LogP contribution in [-0.2, 0) is 11.3 Å². The van der Waals surface area contributed by atoms with E-state index in [-0.39, 0.29) is 5.91 Å². The van der Waals surface area contributed by atoms with Crippen LogP contribution in [0.4, 0.5) is 5.82 Å². The molecule has 0 atom stereocenters. The SMILES string of the molecule is O=C1CCCN1CCn1cnc2c(NC3CC3)nc(-c3cccs3)nc21. The van der Waals surface area contributed by atoms with E-state index in [2.05, 4.69) is 10.3 Å². The molecule has 2 fully saturated rings. The van der Waals surface area contributed by atoms with Crippen LogP contribution < -0.4 is 5.32 Å². The van der Waals surface area contributed by atoms with Crippen molar-refractivity contribution >= 4 is 34.2 Å². The lowest BCUT2D eigenvalue weighted by Crippen LogP contribution is -2.28. The fourth-order valence-electron chi connectivity index (χ4n) is 3.31. The summed E-state index contributed by atoms with van der Waals surface area (Å²) in [5, 5.41) is 5.53. The number of fused-ring (bicyclic) bond motifs is 1. The van der Waals surface area contributed by atoms with E-state index in [1.54, 1.807) is 11.3 Å². The molecule has 2 aliphatic rings. The molecule has 26 heavy (non-hydrogen) atoms. The standard InChI is InChI=1S/C18H20N6OS/c25-14-4-1-7-23(14)8-9-24-11-19-15-17(20-12-5-6-12)21-16(22-18(15)24)13-3-2-10-26-13/h2-3,10-12H,1,4-9H2,(H,20,21,22). The maximum absolute atomic E-state index is 11.9. The minimum absolute atomic E-state index is 0.249. The molecule has 1 saturated heterocycles. The van der Waals surface area contributed by atoms with E-state index >= 15 is 0 Å². The first-order valence-corrected chi connectivity index (χ1v) is 9.97. The quantitative estimate of drug-likeness (QED) is 0.724. The summed E-state index contributed by atoms with van der Waals surface area (Å²) in [6.07, 6.45) is 5.81. The molecule has 0 bridgehead atoms. The van der Waals surface area contributed by atoms with Crippen LogP contribution in [0.5, 0.6) is 0 Å². The summed E-state index contributed by atoms with van der Waals surface area (Å²) in [6, 6.07) is 4.55. The molecule has 4 heterocycles. The highest BCUT2D eigenvalue weighted by Gasteiger charge is 2.25. The predicted octanol–water partition coefficient (Wildman–Crippen LogP) is 2.75. The highest BCUT2D eigenvalue weighted by atomic mass is 32.1. The van der Waals surface area contributed by atoms with E-state index in [1.165, 1.54) is 12.8 Å². The molecule has 7 nitrogen and oxygen atoms in total. The lowest BCUT2D eigenvalue weighted by molar-refractivity contribution is -0.127. The number of nitrogens with one attached hydrogen (secondary N) is 1. The summed E-state index contributed by atoms with van der Waals surface area (Å²) in [5.41, 5.74) is 1.64. The van der Waals surface area contributed by atoms with Crippen molar-refractivity contribution in [1.82, 2.24) is 24.4 Å². The molecule has 0 radical (unpaired) electrons. The van der Waals surface area contributed by atoms with E-state index in [9.17, 15) is 4.79 Å². The maximum atomic E-state index is 11.9. The van der Waals surface area contributed by atoms with Crippen molar-refractivity contribution in [2.75, 3.05) is 18.4 Å². The van der Waals surface area contributed by atoms with Gasteiger partial charge in [0.2, 0.25) is 5.91 Å². The fraction of sp³-hybridized carbons (Fsp3) is 0.444. The van der Waals surface area contributed by atoms with Crippen molar-refractivity contribution in [2.45, 2.75) is 38.3 Å². The zero-order valence-electron chi connectivity index (χ0n) is 14.4. The van der Waals surface area contributed by atoms with E-state index in [1.807, 2.05) is 33.3 Å². The number of rotatable bonds is 6. The lowest BCUT2D eigenvalue weighted by atomic mass is 10.4. The minimum atomic E-state index is 0.249. The molecule has 1 N–H and O–H groups in total. The summed E-state index contributed by atoms with van der Waals surface area (Å²) in [4.78, 5) is 28.9. The van der Waals surface area contributed by atoms with Gasteiger partial charge in [-0.2, -0.15) is 0 Å². The third kappa shape index (κ3) is 2.94. The van der Waals surface area contributed by atoms with Gasteiger partial charge in [0.15, 0.2) is 17.3 Å². The maximum Gasteiger partial charge on any atom is 0.222 e. The highest BCUT2D eigenvalue weighted by Crippen LogP contribution is 2.30. The number of aromatic nitrogens is 4. The summed E-state index contributed by atoms with van der Waals surface area (Å²) in [7, 11) is 0. The molecule has 1 aliphatic carbocycles. The largest absolute Gasteiger partial charge is 0.365 e. The number of hydrogen-bond acceptors (Lipinski definition) is 6. The van der Waals surface area contributed by atoms with Gasteiger partial charge in [-0.05, 0) is 30.7 Å². The van der Waals surface area contributed by atoms with Crippen LogP contribution in [0, 0.1) is 0 Å². The molecule has 0 aromatic carbocycles. The van der Waals surface area contributed by atoms with E-state index in [0.717, 1.165) is 40.6 Å². The highest BCUT2D eigenvalue weighted by molar-refractivity contribution is 7.13. The molecule has 0 unspecified atom stereocenters. The molecule has 3 aromatic heterocycles. The van der Waals surface area contributed by atoms with Crippen LogP contribution in [-0.4, -0.2) is 49.5 Å². The summed E-state index contributed by atoms with van der Waals surface area (Å²) >= 11 is 1.63. The van der Waals surface area contributed by atoms with Crippen LogP contribution in [0.2, 0.25) is 0 Å². The molecule has 134 valence electrons. The molecule has 8 heteroatoms. The Bertz CT molecular complexity index is 946. The minimum Gasteiger partial charge on any atom is -0.365 e. The second-order valence-electron chi connectivity index (χ2n) is 6.89. The number of imidazole rings is 1. The average Bonchev–Trinajstić information content (AvgIpc) is 3.06. The Morgan fingerprint density at radius 3 is 2.92 bits per heavy atom.